The highest BCUT2D eigenvalue weighted by Crippen LogP contribution is 2.13. The standard InChI is InChI=1S/C24H18O4/c1-15-3-7-17(8-4-15)21(25)23(27)19-11-13-20(14-12-19)24(28)22(26)18-9-5-16(2)6-10-18/h3-14H,1-2H3. The van der Waals surface area contributed by atoms with Gasteiger partial charge in [-0.05, 0) is 13.8 Å². The Morgan fingerprint density at radius 3 is 0.786 bits per heavy atom. The van der Waals surface area contributed by atoms with Crippen molar-refractivity contribution in [1.82, 2.24) is 0 Å². The molecule has 4 nitrogen and oxygen atoms in total. The molecule has 0 radical (unpaired) electrons. The van der Waals surface area contributed by atoms with Gasteiger partial charge in [-0.2, -0.15) is 0 Å². The predicted molar refractivity (Wildman–Crippen MR) is 106 cm³/mol. The van der Waals surface area contributed by atoms with Crippen LogP contribution >= 0.6 is 0 Å². The van der Waals surface area contributed by atoms with E-state index in [4.69, 9.17) is 0 Å². The first kappa shape index (κ1) is 19.1. The molecule has 0 bridgehead atoms. The zero-order valence-corrected chi connectivity index (χ0v) is 15.6. The molecule has 4 heteroatoms. The van der Waals surface area contributed by atoms with Gasteiger partial charge in [-0.1, -0.05) is 83.9 Å². The summed E-state index contributed by atoms with van der Waals surface area (Å²) in [5.41, 5.74) is 2.95. The summed E-state index contributed by atoms with van der Waals surface area (Å²) in [6.07, 6.45) is 0. The molecule has 3 rings (SSSR count). The maximum absolute atomic E-state index is 12.4. The van der Waals surface area contributed by atoms with E-state index in [0.29, 0.717) is 11.1 Å². The molecule has 0 aliphatic heterocycles. The highest BCUT2D eigenvalue weighted by molar-refractivity contribution is 6.50. The Morgan fingerprint density at radius 2 is 0.571 bits per heavy atom. The van der Waals surface area contributed by atoms with Crippen LogP contribution in [0.5, 0.6) is 0 Å². The van der Waals surface area contributed by atoms with Crippen LogP contribution in [-0.4, -0.2) is 23.1 Å². The van der Waals surface area contributed by atoms with Gasteiger partial charge < -0.3 is 0 Å². The average molecular weight is 370 g/mol. The van der Waals surface area contributed by atoms with Crippen molar-refractivity contribution in [2.24, 2.45) is 0 Å². The summed E-state index contributed by atoms with van der Waals surface area (Å²) in [5.74, 6) is -2.55. The summed E-state index contributed by atoms with van der Waals surface area (Å²) in [5, 5.41) is 0. The van der Waals surface area contributed by atoms with Crippen LogP contribution in [0.3, 0.4) is 0 Å². The molecule has 0 fully saturated rings. The summed E-state index contributed by atoms with van der Waals surface area (Å²) in [6, 6.07) is 19.0. The van der Waals surface area contributed by atoms with Crippen LogP contribution in [0.25, 0.3) is 0 Å². The summed E-state index contributed by atoms with van der Waals surface area (Å²) in [4.78, 5) is 49.4. The molecule has 0 N–H and O–H groups in total. The molecule has 138 valence electrons. The van der Waals surface area contributed by atoms with Crippen LogP contribution in [0, 0.1) is 13.8 Å². The lowest BCUT2D eigenvalue weighted by atomic mass is 9.97. The van der Waals surface area contributed by atoms with E-state index in [1.165, 1.54) is 24.3 Å². The Kier molecular flexibility index (Phi) is 5.41. The molecule has 3 aromatic rings. The topological polar surface area (TPSA) is 68.3 Å². The van der Waals surface area contributed by atoms with Crippen molar-refractivity contribution in [2.75, 3.05) is 0 Å². The molecule has 0 atom stereocenters. The van der Waals surface area contributed by atoms with Crippen LogP contribution in [0.4, 0.5) is 0 Å². The van der Waals surface area contributed by atoms with Gasteiger partial charge >= 0.3 is 0 Å². The number of carbonyl (C=O) groups excluding carboxylic acids is 4. The van der Waals surface area contributed by atoms with Crippen LogP contribution < -0.4 is 0 Å². The van der Waals surface area contributed by atoms with Crippen LogP contribution in [0.15, 0.2) is 72.8 Å². The van der Waals surface area contributed by atoms with E-state index in [-0.39, 0.29) is 11.1 Å². The third kappa shape index (κ3) is 4.01. The predicted octanol–water partition coefficient (Wildman–Crippen LogP) is 4.43. The van der Waals surface area contributed by atoms with Crippen LogP contribution in [-0.2, 0) is 0 Å². The SMILES string of the molecule is Cc1ccc(C(=O)C(=O)c2ccc(C(=O)C(=O)c3ccc(C)cc3)cc2)cc1. The second kappa shape index (κ2) is 7.92. The van der Waals surface area contributed by atoms with Gasteiger partial charge in [0.2, 0.25) is 23.1 Å². The van der Waals surface area contributed by atoms with Crippen molar-refractivity contribution >= 4 is 23.1 Å². The third-order valence-corrected chi connectivity index (χ3v) is 4.45. The maximum atomic E-state index is 12.4. The minimum atomic E-state index is -0.660. The van der Waals surface area contributed by atoms with Gasteiger partial charge in [0.25, 0.3) is 0 Å². The van der Waals surface area contributed by atoms with Crippen molar-refractivity contribution in [3.8, 4) is 0 Å². The molecule has 0 unspecified atom stereocenters. The fourth-order valence-electron chi connectivity index (χ4n) is 2.71. The fraction of sp³-hybridized carbons (Fsp3) is 0.0833. The van der Waals surface area contributed by atoms with E-state index in [1.807, 2.05) is 13.8 Å². The lowest BCUT2D eigenvalue weighted by Crippen LogP contribution is -2.16. The molecule has 0 heterocycles. The molecule has 0 amide bonds. The number of hydrogen-bond acceptors (Lipinski definition) is 4. The normalized spacial score (nSPS) is 10.4. The Bertz CT molecular complexity index is 969. The first-order valence-electron chi connectivity index (χ1n) is 8.78. The van der Waals surface area contributed by atoms with E-state index < -0.39 is 23.1 Å². The molecule has 0 saturated heterocycles. The van der Waals surface area contributed by atoms with Crippen LogP contribution in [0.2, 0.25) is 0 Å². The maximum Gasteiger partial charge on any atom is 0.233 e. The molecule has 0 spiro atoms. The lowest BCUT2D eigenvalue weighted by Gasteiger charge is -2.04. The number of Topliss-reactive ketones (excluding diaryl/α,β-unsaturated/α-hetero) is 4. The molecule has 0 saturated carbocycles. The number of ketones is 4. The van der Waals surface area contributed by atoms with Gasteiger partial charge in [-0.3, -0.25) is 19.2 Å². The van der Waals surface area contributed by atoms with Gasteiger partial charge in [0.15, 0.2) is 0 Å². The van der Waals surface area contributed by atoms with Crippen molar-refractivity contribution in [2.45, 2.75) is 13.8 Å². The first-order valence-corrected chi connectivity index (χ1v) is 8.78. The van der Waals surface area contributed by atoms with Gasteiger partial charge in [-0.15, -0.1) is 0 Å². The van der Waals surface area contributed by atoms with Gasteiger partial charge in [0.1, 0.15) is 0 Å². The molecule has 0 aliphatic carbocycles. The Labute approximate surface area is 162 Å². The average Bonchev–Trinajstić information content (AvgIpc) is 2.73. The smallest absolute Gasteiger partial charge is 0.233 e. The minimum Gasteiger partial charge on any atom is -0.285 e. The Hall–Kier alpha value is -3.66. The highest BCUT2D eigenvalue weighted by Gasteiger charge is 2.21. The van der Waals surface area contributed by atoms with E-state index in [9.17, 15) is 19.2 Å². The molecular formula is C24H18O4. The summed E-state index contributed by atoms with van der Waals surface area (Å²) in [6.45, 7) is 3.79. The largest absolute Gasteiger partial charge is 0.285 e. The van der Waals surface area contributed by atoms with Gasteiger partial charge in [0, 0.05) is 22.3 Å². The second-order valence-corrected chi connectivity index (χ2v) is 6.63. The zero-order chi connectivity index (χ0) is 20.3. The van der Waals surface area contributed by atoms with E-state index >= 15 is 0 Å². The molecule has 0 aliphatic rings. The number of benzene rings is 3. The molecule has 28 heavy (non-hydrogen) atoms. The summed E-state index contributed by atoms with van der Waals surface area (Å²) < 4.78 is 0. The Morgan fingerprint density at radius 1 is 0.393 bits per heavy atom. The molecule has 0 aromatic heterocycles. The van der Waals surface area contributed by atoms with E-state index in [0.717, 1.165) is 11.1 Å². The first-order chi connectivity index (χ1) is 13.4. The zero-order valence-electron chi connectivity index (χ0n) is 15.6. The van der Waals surface area contributed by atoms with Crippen molar-refractivity contribution in [1.29, 1.82) is 0 Å². The number of aryl methyl sites for hydroxylation is 2. The lowest BCUT2D eigenvalue weighted by molar-refractivity contribution is 0.0814. The summed E-state index contributed by atoms with van der Waals surface area (Å²) >= 11 is 0. The highest BCUT2D eigenvalue weighted by atomic mass is 16.2. The number of hydrogen-bond donors (Lipinski definition) is 0. The van der Waals surface area contributed by atoms with Gasteiger partial charge in [0.05, 0.1) is 0 Å². The Balaban J connectivity index is 1.77. The second-order valence-electron chi connectivity index (χ2n) is 6.63. The number of rotatable bonds is 6. The monoisotopic (exact) mass is 370 g/mol. The quantitative estimate of drug-likeness (QED) is 0.475. The van der Waals surface area contributed by atoms with Crippen molar-refractivity contribution in [3.05, 3.63) is 106 Å². The van der Waals surface area contributed by atoms with Gasteiger partial charge in [-0.25, -0.2) is 0 Å². The molecule has 3 aromatic carbocycles. The molecular weight excluding hydrogens is 352 g/mol. The van der Waals surface area contributed by atoms with E-state index in [2.05, 4.69) is 0 Å². The summed E-state index contributed by atoms with van der Waals surface area (Å²) in [7, 11) is 0. The minimum absolute atomic E-state index is 0.171. The number of carbonyl (C=O) groups is 4. The van der Waals surface area contributed by atoms with Crippen molar-refractivity contribution in [3.63, 3.8) is 0 Å². The third-order valence-electron chi connectivity index (χ3n) is 4.45. The van der Waals surface area contributed by atoms with E-state index in [1.54, 1.807) is 48.5 Å². The van der Waals surface area contributed by atoms with Crippen molar-refractivity contribution < 1.29 is 19.2 Å². The fourth-order valence-corrected chi connectivity index (χ4v) is 2.71. The van der Waals surface area contributed by atoms with Crippen LogP contribution in [0.1, 0.15) is 52.6 Å².